The summed E-state index contributed by atoms with van der Waals surface area (Å²) in [7, 11) is 0. The molecule has 1 amide bonds. The topological polar surface area (TPSA) is 23.6 Å². The molecule has 214 valence electrons. The molecule has 1 saturated heterocycles. The van der Waals surface area contributed by atoms with Crippen LogP contribution in [0.2, 0.25) is 0 Å². The van der Waals surface area contributed by atoms with E-state index in [0.717, 1.165) is 24.3 Å². The maximum atomic E-state index is 13.5. The van der Waals surface area contributed by atoms with Gasteiger partial charge in [-0.2, -0.15) is 26.3 Å². The van der Waals surface area contributed by atoms with Gasteiger partial charge in [-0.3, -0.25) is 9.69 Å². The highest BCUT2D eigenvalue weighted by atomic mass is 19.4. The molecule has 0 bridgehead atoms. The smallest absolute Gasteiger partial charge is 0.338 e. The van der Waals surface area contributed by atoms with Crippen molar-refractivity contribution in [3.8, 4) is 0 Å². The predicted molar refractivity (Wildman–Crippen MR) is 142 cm³/mol. The van der Waals surface area contributed by atoms with Crippen molar-refractivity contribution in [2.75, 3.05) is 26.2 Å². The minimum Gasteiger partial charge on any atom is -0.338 e. The Labute approximate surface area is 230 Å². The van der Waals surface area contributed by atoms with Crippen molar-refractivity contribution in [2.24, 2.45) is 11.8 Å². The van der Waals surface area contributed by atoms with Gasteiger partial charge in [0, 0.05) is 44.2 Å². The first-order valence-electron chi connectivity index (χ1n) is 13.2. The van der Waals surface area contributed by atoms with Gasteiger partial charge in [0.2, 0.25) is 0 Å². The molecule has 1 aliphatic rings. The number of nitrogens with zero attached hydrogens (tertiary/aromatic N) is 2. The maximum Gasteiger partial charge on any atom is 0.416 e. The van der Waals surface area contributed by atoms with Gasteiger partial charge in [0.15, 0.2) is 0 Å². The molecule has 0 N–H and O–H groups in total. The zero-order valence-corrected chi connectivity index (χ0v) is 22.3. The zero-order valence-electron chi connectivity index (χ0n) is 22.3. The first-order valence-corrected chi connectivity index (χ1v) is 13.2. The molecule has 1 fully saturated rings. The number of alkyl halides is 6. The summed E-state index contributed by atoms with van der Waals surface area (Å²) in [4.78, 5) is 17.2. The lowest BCUT2D eigenvalue weighted by Gasteiger charge is -2.30. The third kappa shape index (κ3) is 7.44. The molecular weight excluding hydrogens is 530 g/mol. The van der Waals surface area contributed by atoms with Crippen LogP contribution in [-0.4, -0.2) is 41.9 Å². The third-order valence-corrected chi connectivity index (χ3v) is 7.17. The lowest BCUT2D eigenvalue weighted by molar-refractivity contribution is -0.138. The van der Waals surface area contributed by atoms with Gasteiger partial charge in [0.05, 0.1) is 11.1 Å². The Morgan fingerprint density at radius 2 is 1.48 bits per heavy atom. The van der Waals surface area contributed by atoms with Gasteiger partial charge in [0.25, 0.3) is 5.91 Å². The molecule has 3 aromatic carbocycles. The van der Waals surface area contributed by atoms with Gasteiger partial charge in [-0.1, -0.05) is 68.4 Å². The Morgan fingerprint density at radius 3 is 2.10 bits per heavy atom. The molecular formula is C31H32F6N2O. The number of rotatable bonds is 8. The Bertz CT molecular complexity index is 1290. The quantitative estimate of drug-likeness (QED) is 0.262. The zero-order chi connectivity index (χ0) is 29.1. The molecule has 0 radical (unpaired) electrons. The van der Waals surface area contributed by atoms with Crippen molar-refractivity contribution in [3.05, 3.63) is 107 Å². The number of halogens is 6. The molecule has 1 aliphatic heterocycles. The van der Waals surface area contributed by atoms with Crippen molar-refractivity contribution in [3.63, 3.8) is 0 Å². The number of amides is 1. The van der Waals surface area contributed by atoms with Gasteiger partial charge in [-0.25, -0.2) is 0 Å². The van der Waals surface area contributed by atoms with Crippen LogP contribution in [0.1, 0.15) is 52.4 Å². The molecule has 0 spiro atoms. The molecule has 40 heavy (non-hydrogen) atoms. The summed E-state index contributed by atoms with van der Waals surface area (Å²) in [5, 5.41) is 0. The summed E-state index contributed by atoms with van der Waals surface area (Å²) in [6.45, 7) is 5.76. The molecule has 0 unspecified atom stereocenters. The van der Waals surface area contributed by atoms with Crippen molar-refractivity contribution in [2.45, 2.75) is 38.7 Å². The van der Waals surface area contributed by atoms with E-state index in [1.807, 2.05) is 24.8 Å². The molecule has 2 atom stereocenters. The third-order valence-electron chi connectivity index (χ3n) is 7.17. The second-order valence-electron chi connectivity index (χ2n) is 10.9. The van der Waals surface area contributed by atoms with Gasteiger partial charge < -0.3 is 4.90 Å². The lowest BCUT2D eigenvalue weighted by atomic mass is 9.87. The van der Waals surface area contributed by atoms with Crippen LogP contribution in [0.4, 0.5) is 26.3 Å². The number of hydrogen-bond donors (Lipinski definition) is 0. The van der Waals surface area contributed by atoms with E-state index >= 15 is 0 Å². The van der Waals surface area contributed by atoms with Crippen LogP contribution in [0.5, 0.6) is 0 Å². The number of benzene rings is 3. The van der Waals surface area contributed by atoms with Crippen LogP contribution in [0.15, 0.2) is 78.9 Å². The molecule has 0 aliphatic carbocycles. The van der Waals surface area contributed by atoms with E-state index < -0.39 is 23.5 Å². The van der Waals surface area contributed by atoms with Crippen LogP contribution >= 0.6 is 0 Å². The standard InChI is InChI=1S/C31H32F6N2O/c1-21(2)16-39(29(40)23-9-4-3-5-10-23)19-25-18-38(17-22-8-6-12-26(14-22)30(32,33)34)20-28(25)24-11-7-13-27(15-24)31(35,36)37/h3-15,21,25,28H,16-20H2,1-2H3/t25-,28+/m1/s1. The van der Waals surface area contributed by atoms with Crippen LogP contribution in [0.3, 0.4) is 0 Å². The van der Waals surface area contributed by atoms with E-state index in [4.69, 9.17) is 0 Å². The van der Waals surface area contributed by atoms with E-state index in [1.54, 1.807) is 41.3 Å². The van der Waals surface area contributed by atoms with E-state index in [0.29, 0.717) is 42.9 Å². The largest absolute Gasteiger partial charge is 0.416 e. The van der Waals surface area contributed by atoms with Crippen LogP contribution < -0.4 is 0 Å². The predicted octanol–water partition coefficient (Wildman–Crippen LogP) is 7.74. The molecule has 1 heterocycles. The van der Waals surface area contributed by atoms with Crippen LogP contribution in [0, 0.1) is 11.8 Å². The number of carbonyl (C=O) groups is 1. The Hall–Kier alpha value is -3.33. The van der Waals surface area contributed by atoms with Crippen molar-refractivity contribution in [1.29, 1.82) is 0 Å². The summed E-state index contributed by atoms with van der Waals surface area (Å²) in [6.07, 6.45) is -8.98. The van der Waals surface area contributed by atoms with E-state index in [-0.39, 0.29) is 30.2 Å². The SMILES string of the molecule is CC(C)CN(C[C@H]1CN(Cc2cccc(C(F)(F)F)c2)C[C@H]1c1cccc(C(F)(F)F)c1)C(=O)c1ccccc1. The summed E-state index contributed by atoms with van der Waals surface area (Å²) in [5.41, 5.74) is 0.00416. The van der Waals surface area contributed by atoms with Crippen LogP contribution in [-0.2, 0) is 18.9 Å². The monoisotopic (exact) mass is 562 g/mol. The second kappa shape index (κ2) is 12.0. The number of hydrogen-bond acceptors (Lipinski definition) is 2. The average molecular weight is 563 g/mol. The van der Waals surface area contributed by atoms with Crippen molar-refractivity contribution in [1.82, 2.24) is 9.80 Å². The molecule has 3 aromatic rings. The van der Waals surface area contributed by atoms with E-state index in [9.17, 15) is 31.1 Å². The molecule has 3 nitrogen and oxygen atoms in total. The van der Waals surface area contributed by atoms with Crippen LogP contribution in [0.25, 0.3) is 0 Å². The lowest BCUT2D eigenvalue weighted by Crippen LogP contribution is -2.39. The Morgan fingerprint density at radius 1 is 0.850 bits per heavy atom. The fraction of sp³-hybridized carbons (Fsp3) is 0.387. The molecule has 0 aromatic heterocycles. The van der Waals surface area contributed by atoms with E-state index in [1.165, 1.54) is 12.1 Å². The summed E-state index contributed by atoms with van der Waals surface area (Å²) >= 11 is 0. The fourth-order valence-corrected chi connectivity index (χ4v) is 5.43. The Balaban J connectivity index is 1.64. The fourth-order valence-electron chi connectivity index (χ4n) is 5.43. The normalized spacial score (nSPS) is 18.3. The van der Waals surface area contributed by atoms with Gasteiger partial charge in [-0.15, -0.1) is 0 Å². The molecule has 9 heteroatoms. The van der Waals surface area contributed by atoms with E-state index in [2.05, 4.69) is 0 Å². The molecule has 4 rings (SSSR count). The van der Waals surface area contributed by atoms with Crippen molar-refractivity contribution >= 4 is 5.91 Å². The summed E-state index contributed by atoms with van der Waals surface area (Å²) < 4.78 is 80.5. The first-order chi connectivity index (χ1) is 18.8. The highest BCUT2D eigenvalue weighted by molar-refractivity contribution is 5.94. The minimum absolute atomic E-state index is 0.155. The van der Waals surface area contributed by atoms with Gasteiger partial charge in [-0.05, 0) is 47.2 Å². The minimum atomic E-state index is -4.51. The second-order valence-corrected chi connectivity index (χ2v) is 10.9. The summed E-state index contributed by atoms with van der Waals surface area (Å²) in [6, 6.07) is 19.1. The van der Waals surface area contributed by atoms with Gasteiger partial charge >= 0.3 is 12.4 Å². The average Bonchev–Trinajstić information content (AvgIpc) is 3.29. The highest BCUT2D eigenvalue weighted by Crippen LogP contribution is 2.38. The summed E-state index contributed by atoms with van der Waals surface area (Å²) in [5.74, 6) is -0.567. The van der Waals surface area contributed by atoms with Crippen molar-refractivity contribution < 1.29 is 31.1 Å². The number of likely N-dealkylation sites (tertiary alicyclic amines) is 1. The maximum absolute atomic E-state index is 13.5. The first kappa shape index (κ1) is 29.6. The Kier molecular flexibility index (Phi) is 8.93. The van der Waals surface area contributed by atoms with Gasteiger partial charge in [0.1, 0.15) is 0 Å². The number of carbonyl (C=O) groups excluding carboxylic acids is 1. The highest BCUT2D eigenvalue weighted by Gasteiger charge is 2.38. The molecule has 0 saturated carbocycles.